The molecule has 12 heteroatoms. The molecule has 3 N–H and O–H groups in total. The van der Waals surface area contributed by atoms with Gasteiger partial charge < -0.3 is 20.3 Å². The Morgan fingerprint density at radius 2 is 2.06 bits per heavy atom. The fourth-order valence-electron chi connectivity index (χ4n) is 3.92. The summed E-state index contributed by atoms with van der Waals surface area (Å²) < 4.78 is 45.7. The Hall–Kier alpha value is -2.55. The number of halogens is 4. The minimum atomic E-state index is -4.65. The highest BCUT2D eigenvalue weighted by atomic mass is 35.5. The molecule has 2 atom stereocenters. The summed E-state index contributed by atoms with van der Waals surface area (Å²) in [6.45, 7) is 0.156. The van der Waals surface area contributed by atoms with Gasteiger partial charge in [-0.15, -0.1) is 0 Å². The van der Waals surface area contributed by atoms with Gasteiger partial charge in [0.1, 0.15) is 11.4 Å². The van der Waals surface area contributed by atoms with Crippen LogP contribution >= 0.6 is 11.6 Å². The SMILES string of the molecule is N#CC1CCCCC1Nc1nc(Nc2cc(Cl)c3c(c2)COB3O)ncc1C(F)(F)F. The number of anilines is 3. The standard InChI is InChI=1S/C19H18BClF3N5O2/c21-14-6-12(5-11-9-31-20(30)16(11)14)27-18-26-8-13(19(22,23)24)17(29-18)28-15-4-2-1-3-10(15)7-25/h5-6,8,10,15,30H,1-4,9H2,(H2,26,27,28,29). The molecule has 31 heavy (non-hydrogen) atoms. The molecule has 1 aliphatic heterocycles. The van der Waals surface area contributed by atoms with Crippen LogP contribution < -0.4 is 16.1 Å². The molecule has 7 nitrogen and oxygen atoms in total. The van der Waals surface area contributed by atoms with E-state index in [1.807, 2.05) is 0 Å². The van der Waals surface area contributed by atoms with Crippen LogP contribution in [0.5, 0.6) is 0 Å². The highest BCUT2D eigenvalue weighted by molar-refractivity contribution is 6.65. The van der Waals surface area contributed by atoms with Crippen LogP contribution in [0.15, 0.2) is 18.3 Å². The van der Waals surface area contributed by atoms with Gasteiger partial charge in [-0.3, -0.25) is 0 Å². The van der Waals surface area contributed by atoms with Gasteiger partial charge in [-0.2, -0.15) is 23.4 Å². The van der Waals surface area contributed by atoms with Crippen molar-refractivity contribution in [2.45, 2.75) is 44.5 Å². The third-order valence-corrected chi connectivity index (χ3v) is 5.78. The second-order valence-corrected chi connectivity index (χ2v) is 7.95. The first-order valence-corrected chi connectivity index (χ1v) is 10.1. The minimum Gasteiger partial charge on any atom is -0.423 e. The molecule has 0 bridgehead atoms. The largest absolute Gasteiger partial charge is 0.493 e. The van der Waals surface area contributed by atoms with E-state index in [4.69, 9.17) is 16.3 Å². The molecule has 2 heterocycles. The summed E-state index contributed by atoms with van der Waals surface area (Å²) in [7, 11) is -1.11. The van der Waals surface area contributed by atoms with Crippen molar-refractivity contribution in [1.29, 1.82) is 5.26 Å². The minimum absolute atomic E-state index is 0.0599. The van der Waals surface area contributed by atoms with Crippen LogP contribution in [0.2, 0.25) is 5.02 Å². The zero-order valence-corrected chi connectivity index (χ0v) is 17.0. The van der Waals surface area contributed by atoms with E-state index >= 15 is 0 Å². The summed E-state index contributed by atoms with van der Waals surface area (Å²) in [5, 5.41) is 25.1. The van der Waals surface area contributed by atoms with Crippen molar-refractivity contribution >= 4 is 41.6 Å². The monoisotopic (exact) mass is 451 g/mol. The maximum atomic E-state index is 13.5. The van der Waals surface area contributed by atoms with E-state index in [2.05, 4.69) is 26.7 Å². The van der Waals surface area contributed by atoms with Crippen LogP contribution in [-0.2, 0) is 17.4 Å². The lowest BCUT2D eigenvalue weighted by Gasteiger charge is -2.29. The Labute approximate surface area is 181 Å². The van der Waals surface area contributed by atoms with Crippen LogP contribution in [0.4, 0.5) is 30.6 Å². The number of fused-ring (bicyclic) bond motifs is 1. The molecule has 1 fully saturated rings. The van der Waals surface area contributed by atoms with Gasteiger partial charge in [0, 0.05) is 28.4 Å². The second kappa shape index (κ2) is 8.53. The number of nitriles is 1. The first kappa shape index (κ1) is 21.7. The molecule has 1 aliphatic carbocycles. The quantitative estimate of drug-likeness (QED) is 0.610. The third-order valence-electron chi connectivity index (χ3n) is 5.46. The Kier molecular flexibility index (Phi) is 5.97. The lowest BCUT2D eigenvalue weighted by atomic mass is 9.79. The second-order valence-electron chi connectivity index (χ2n) is 7.54. The molecule has 2 aliphatic rings. The molecular weight excluding hydrogens is 434 g/mol. The van der Waals surface area contributed by atoms with E-state index in [0.717, 1.165) is 12.8 Å². The fourth-order valence-corrected chi connectivity index (χ4v) is 4.25. The Bertz CT molecular complexity index is 1030. The highest BCUT2D eigenvalue weighted by Gasteiger charge is 2.37. The highest BCUT2D eigenvalue weighted by Crippen LogP contribution is 2.36. The average Bonchev–Trinajstić information content (AvgIpc) is 3.09. The van der Waals surface area contributed by atoms with E-state index in [1.165, 1.54) is 6.07 Å². The predicted molar refractivity (Wildman–Crippen MR) is 109 cm³/mol. The molecule has 2 aromatic rings. The Morgan fingerprint density at radius 3 is 2.81 bits per heavy atom. The van der Waals surface area contributed by atoms with Gasteiger partial charge in [-0.1, -0.05) is 24.4 Å². The van der Waals surface area contributed by atoms with Crippen molar-refractivity contribution in [2.75, 3.05) is 10.6 Å². The summed E-state index contributed by atoms with van der Waals surface area (Å²) >= 11 is 6.20. The lowest BCUT2D eigenvalue weighted by molar-refractivity contribution is -0.137. The van der Waals surface area contributed by atoms with E-state index in [1.54, 1.807) is 6.07 Å². The summed E-state index contributed by atoms with van der Waals surface area (Å²) in [6, 6.07) is 4.93. The van der Waals surface area contributed by atoms with Gasteiger partial charge in [0.2, 0.25) is 5.95 Å². The zero-order chi connectivity index (χ0) is 22.2. The first-order valence-electron chi connectivity index (χ1n) is 9.75. The number of alkyl halides is 3. The molecule has 0 saturated heterocycles. The summed E-state index contributed by atoms with van der Waals surface area (Å²) in [4.78, 5) is 7.85. The van der Waals surface area contributed by atoms with E-state index < -0.39 is 24.9 Å². The summed E-state index contributed by atoms with van der Waals surface area (Å²) in [5.74, 6) is -0.818. The van der Waals surface area contributed by atoms with Gasteiger partial charge in [0.25, 0.3) is 0 Å². The maximum absolute atomic E-state index is 13.5. The van der Waals surface area contributed by atoms with Gasteiger partial charge in [-0.05, 0) is 30.5 Å². The number of hydrogen-bond donors (Lipinski definition) is 3. The number of aromatic nitrogens is 2. The molecule has 162 valence electrons. The van der Waals surface area contributed by atoms with Crippen LogP contribution in [0.25, 0.3) is 0 Å². The van der Waals surface area contributed by atoms with Gasteiger partial charge >= 0.3 is 13.3 Å². The summed E-state index contributed by atoms with van der Waals surface area (Å²) in [6.07, 6.45) is -1.02. The number of hydrogen-bond acceptors (Lipinski definition) is 7. The molecule has 0 spiro atoms. The normalized spacial score (nSPS) is 20.8. The molecular formula is C19H18BClF3N5O2. The van der Waals surface area contributed by atoms with Crippen molar-refractivity contribution in [3.05, 3.63) is 34.5 Å². The molecule has 4 rings (SSSR count). The van der Waals surface area contributed by atoms with E-state index in [-0.39, 0.29) is 29.3 Å². The number of nitrogens with zero attached hydrogens (tertiary/aromatic N) is 3. The zero-order valence-electron chi connectivity index (χ0n) is 16.2. The number of benzene rings is 1. The number of nitrogens with one attached hydrogen (secondary N) is 2. The number of rotatable bonds is 4. The first-order chi connectivity index (χ1) is 14.8. The third kappa shape index (κ3) is 4.56. The molecule has 2 unspecified atom stereocenters. The van der Waals surface area contributed by atoms with Crippen molar-refractivity contribution in [3.63, 3.8) is 0 Å². The van der Waals surface area contributed by atoms with Gasteiger partial charge in [0.15, 0.2) is 0 Å². The van der Waals surface area contributed by atoms with Gasteiger partial charge in [-0.25, -0.2) is 4.98 Å². The van der Waals surface area contributed by atoms with Gasteiger partial charge in [0.05, 0.1) is 18.6 Å². The van der Waals surface area contributed by atoms with Crippen LogP contribution in [0.1, 0.15) is 36.8 Å². The van der Waals surface area contributed by atoms with Crippen LogP contribution in [-0.4, -0.2) is 28.2 Å². The molecule has 0 radical (unpaired) electrons. The molecule has 1 saturated carbocycles. The topological polar surface area (TPSA) is 103 Å². The summed E-state index contributed by atoms with van der Waals surface area (Å²) in [5.41, 5.74) is 0.568. The maximum Gasteiger partial charge on any atom is 0.493 e. The smallest absolute Gasteiger partial charge is 0.423 e. The Balaban J connectivity index is 1.63. The molecule has 1 aromatic carbocycles. The average molecular weight is 452 g/mol. The Morgan fingerprint density at radius 1 is 1.29 bits per heavy atom. The fraction of sp³-hybridized carbons (Fsp3) is 0.421. The lowest BCUT2D eigenvalue weighted by Crippen LogP contribution is -2.32. The van der Waals surface area contributed by atoms with Crippen molar-refractivity contribution in [2.24, 2.45) is 5.92 Å². The van der Waals surface area contributed by atoms with Crippen molar-refractivity contribution in [1.82, 2.24) is 9.97 Å². The van der Waals surface area contributed by atoms with Crippen molar-refractivity contribution < 1.29 is 22.8 Å². The van der Waals surface area contributed by atoms with Crippen molar-refractivity contribution in [3.8, 4) is 6.07 Å². The molecule has 0 amide bonds. The van der Waals surface area contributed by atoms with E-state index in [0.29, 0.717) is 35.8 Å². The predicted octanol–water partition coefficient (Wildman–Crippen LogP) is 3.60. The van der Waals surface area contributed by atoms with Crippen LogP contribution in [0, 0.1) is 17.2 Å². The van der Waals surface area contributed by atoms with E-state index in [9.17, 15) is 23.5 Å². The van der Waals surface area contributed by atoms with Crippen LogP contribution in [0.3, 0.4) is 0 Å². The molecule has 1 aromatic heterocycles.